The third-order valence-corrected chi connectivity index (χ3v) is 6.49. The molecule has 5 aromatic rings. The monoisotopic (exact) mass is 435 g/mol. The highest BCUT2D eigenvalue weighted by atomic mass is 16.1. The molecule has 0 atom stereocenters. The van der Waals surface area contributed by atoms with Crippen molar-refractivity contribution in [1.29, 1.82) is 0 Å². The van der Waals surface area contributed by atoms with Crippen molar-refractivity contribution in [3.63, 3.8) is 0 Å². The van der Waals surface area contributed by atoms with E-state index >= 15 is 0 Å². The zero-order chi connectivity index (χ0) is 22.2. The number of pyridine rings is 1. The molecule has 0 aliphatic carbocycles. The van der Waals surface area contributed by atoms with Gasteiger partial charge in [0.25, 0.3) is 0 Å². The molecular weight excluding hydrogens is 410 g/mol. The van der Waals surface area contributed by atoms with Crippen LogP contribution in [0.5, 0.6) is 0 Å². The van der Waals surface area contributed by atoms with E-state index in [9.17, 15) is 4.79 Å². The van der Waals surface area contributed by atoms with Crippen LogP contribution in [0, 0.1) is 0 Å². The van der Waals surface area contributed by atoms with Crippen LogP contribution in [0.25, 0.3) is 21.9 Å². The van der Waals surface area contributed by atoms with E-state index in [0.717, 1.165) is 40.8 Å². The van der Waals surface area contributed by atoms with Gasteiger partial charge in [-0.1, -0.05) is 12.1 Å². The van der Waals surface area contributed by atoms with Gasteiger partial charge in [0.15, 0.2) is 5.78 Å². The topological polar surface area (TPSA) is 76.8 Å². The molecule has 2 aromatic carbocycles. The second-order valence-corrected chi connectivity index (χ2v) is 8.62. The van der Waals surface area contributed by atoms with Crippen LogP contribution in [0.1, 0.15) is 35.2 Å². The van der Waals surface area contributed by atoms with Crippen LogP contribution in [0.4, 0.5) is 17.1 Å². The Morgan fingerprint density at radius 3 is 2.58 bits per heavy atom. The highest BCUT2D eigenvalue weighted by Gasteiger charge is 2.18. The van der Waals surface area contributed by atoms with Gasteiger partial charge in [0.1, 0.15) is 5.65 Å². The fraction of sp³-hybridized carbons (Fsp3) is 0.185. The lowest BCUT2D eigenvalue weighted by Crippen LogP contribution is -2.29. The standard InChI is InChI=1S/C27H25N5O/c33-26(22-5-4-6-25-21(22)11-12-28-25)24-17-30-27-23(24)15-19(16-29-27)31-18-7-9-20(10-8-18)32-13-2-1-3-14-32/h4-12,15-17,28,31H,1-3,13-14H2,(H,29,30). The number of hydrogen-bond donors (Lipinski definition) is 3. The number of fused-ring (bicyclic) bond motifs is 2. The number of piperidine rings is 1. The summed E-state index contributed by atoms with van der Waals surface area (Å²) in [6.45, 7) is 2.27. The Bertz CT molecular complexity index is 1440. The number of ketones is 1. The Morgan fingerprint density at radius 1 is 0.879 bits per heavy atom. The number of aromatic nitrogens is 3. The van der Waals surface area contributed by atoms with E-state index in [2.05, 4.69) is 49.4 Å². The minimum absolute atomic E-state index is 0.0173. The molecule has 3 aromatic heterocycles. The van der Waals surface area contributed by atoms with E-state index in [-0.39, 0.29) is 5.78 Å². The lowest BCUT2D eigenvalue weighted by atomic mass is 10.00. The maximum Gasteiger partial charge on any atom is 0.195 e. The van der Waals surface area contributed by atoms with Gasteiger partial charge in [-0.2, -0.15) is 0 Å². The first-order valence-corrected chi connectivity index (χ1v) is 11.5. The Balaban J connectivity index is 1.28. The molecule has 6 heteroatoms. The normalized spacial score (nSPS) is 14.1. The third-order valence-electron chi connectivity index (χ3n) is 6.49. The van der Waals surface area contributed by atoms with Gasteiger partial charge < -0.3 is 20.2 Å². The van der Waals surface area contributed by atoms with Crippen LogP contribution in [0.3, 0.4) is 0 Å². The van der Waals surface area contributed by atoms with Gasteiger partial charge in [0, 0.05) is 64.3 Å². The van der Waals surface area contributed by atoms with Crippen LogP contribution in [-0.2, 0) is 0 Å². The quantitative estimate of drug-likeness (QED) is 0.296. The second-order valence-electron chi connectivity index (χ2n) is 8.62. The summed E-state index contributed by atoms with van der Waals surface area (Å²) in [5, 5.41) is 5.17. The van der Waals surface area contributed by atoms with E-state index in [1.807, 2.05) is 36.5 Å². The smallest absolute Gasteiger partial charge is 0.195 e. The van der Waals surface area contributed by atoms with Gasteiger partial charge in [-0.05, 0) is 61.7 Å². The number of aromatic amines is 2. The number of carbonyl (C=O) groups excluding carboxylic acids is 1. The molecular formula is C27H25N5O. The number of nitrogens with zero attached hydrogens (tertiary/aromatic N) is 2. The van der Waals surface area contributed by atoms with E-state index in [4.69, 9.17) is 0 Å². The summed E-state index contributed by atoms with van der Waals surface area (Å²) in [6, 6.07) is 18.2. The fourth-order valence-electron chi connectivity index (χ4n) is 4.76. The lowest BCUT2D eigenvalue weighted by Gasteiger charge is -2.28. The van der Waals surface area contributed by atoms with Crippen molar-refractivity contribution in [2.45, 2.75) is 19.3 Å². The fourth-order valence-corrected chi connectivity index (χ4v) is 4.76. The second kappa shape index (κ2) is 8.13. The average molecular weight is 436 g/mol. The predicted octanol–water partition coefficient (Wildman–Crippen LogP) is 6.01. The molecule has 6 nitrogen and oxygen atoms in total. The van der Waals surface area contributed by atoms with Crippen LogP contribution in [0.2, 0.25) is 0 Å². The molecule has 1 aliphatic heterocycles. The van der Waals surface area contributed by atoms with Crippen molar-refractivity contribution < 1.29 is 4.79 Å². The zero-order valence-electron chi connectivity index (χ0n) is 18.3. The average Bonchev–Trinajstić information content (AvgIpc) is 3.51. The summed E-state index contributed by atoms with van der Waals surface area (Å²) >= 11 is 0. The minimum atomic E-state index is -0.0173. The van der Waals surface area contributed by atoms with Gasteiger partial charge in [0.2, 0.25) is 0 Å². The molecule has 33 heavy (non-hydrogen) atoms. The molecule has 164 valence electrons. The predicted molar refractivity (Wildman–Crippen MR) is 134 cm³/mol. The lowest BCUT2D eigenvalue weighted by molar-refractivity contribution is 0.104. The number of nitrogens with one attached hydrogen (secondary N) is 3. The first-order valence-electron chi connectivity index (χ1n) is 11.5. The van der Waals surface area contributed by atoms with E-state index in [1.54, 1.807) is 12.4 Å². The maximum absolute atomic E-state index is 13.4. The molecule has 0 saturated carbocycles. The van der Waals surface area contributed by atoms with Crippen LogP contribution < -0.4 is 10.2 Å². The molecule has 1 fully saturated rings. The van der Waals surface area contributed by atoms with E-state index in [0.29, 0.717) is 16.8 Å². The summed E-state index contributed by atoms with van der Waals surface area (Å²) in [5.74, 6) is -0.0173. The van der Waals surface area contributed by atoms with Crippen LogP contribution in [-0.4, -0.2) is 33.8 Å². The zero-order valence-corrected chi connectivity index (χ0v) is 18.3. The number of carbonyl (C=O) groups is 1. The van der Waals surface area contributed by atoms with E-state index in [1.165, 1.54) is 24.9 Å². The molecule has 1 aliphatic rings. The first kappa shape index (κ1) is 19.6. The molecule has 6 rings (SSSR count). The number of H-pyrrole nitrogens is 2. The van der Waals surface area contributed by atoms with Gasteiger partial charge in [-0.15, -0.1) is 0 Å². The minimum Gasteiger partial charge on any atom is -0.372 e. The largest absolute Gasteiger partial charge is 0.372 e. The Kier molecular flexibility index (Phi) is 4.83. The van der Waals surface area contributed by atoms with Crippen molar-refractivity contribution in [2.75, 3.05) is 23.3 Å². The van der Waals surface area contributed by atoms with Crippen LogP contribution in [0.15, 0.2) is 73.2 Å². The molecule has 0 spiro atoms. The highest BCUT2D eigenvalue weighted by molar-refractivity contribution is 6.21. The molecule has 0 amide bonds. The summed E-state index contributed by atoms with van der Waals surface area (Å²) in [5.41, 5.74) is 6.07. The maximum atomic E-state index is 13.4. The first-order chi connectivity index (χ1) is 16.3. The van der Waals surface area contributed by atoms with Gasteiger partial charge in [-0.25, -0.2) is 4.98 Å². The summed E-state index contributed by atoms with van der Waals surface area (Å²) < 4.78 is 0. The Hall–Kier alpha value is -4.06. The molecule has 3 N–H and O–H groups in total. The summed E-state index contributed by atoms with van der Waals surface area (Å²) in [6.07, 6.45) is 9.26. The van der Waals surface area contributed by atoms with Crippen molar-refractivity contribution in [3.05, 3.63) is 84.3 Å². The highest BCUT2D eigenvalue weighted by Crippen LogP contribution is 2.28. The molecule has 4 heterocycles. The van der Waals surface area contributed by atoms with Crippen molar-refractivity contribution in [2.24, 2.45) is 0 Å². The van der Waals surface area contributed by atoms with Crippen molar-refractivity contribution in [1.82, 2.24) is 15.0 Å². The number of rotatable bonds is 5. The van der Waals surface area contributed by atoms with E-state index < -0.39 is 0 Å². The molecule has 1 saturated heterocycles. The molecule has 0 unspecified atom stereocenters. The molecule has 0 radical (unpaired) electrons. The van der Waals surface area contributed by atoms with Crippen LogP contribution >= 0.6 is 0 Å². The van der Waals surface area contributed by atoms with Gasteiger partial charge >= 0.3 is 0 Å². The SMILES string of the molecule is O=C(c1cccc2[nH]ccc12)c1c[nH]c2ncc(Nc3ccc(N4CCCCC4)cc3)cc12. The van der Waals surface area contributed by atoms with Gasteiger partial charge in [-0.3, -0.25) is 4.79 Å². The number of anilines is 3. The third kappa shape index (κ3) is 3.63. The number of hydrogen-bond acceptors (Lipinski definition) is 4. The molecule has 0 bridgehead atoms. The Labute approximate surface area is 191 Å². The van der Waals surface area contributed by atoms with Crippen molar-refractivity contribution >= 4 is 44.8 Å². The summed E-state index contributed by atoms with van der Waals surface area (Å²) in [7, 11) is 0. The summed E-state index contributed by atoms with van der Waals surface area (Å²) in [4.78, 5) is 26.7. The number of benzene rings is 2. The van der Waals surface area contributed by atoms with Crippen molar-refractivity contribution in [3.8, 4) is 0 Å². The Morgan fingerprint density at radius 2 is 1.73 bits per heavy atom. The van der Waals surface area contributed by atoms with Gasteiger partial charge in [0.05, 0.1) is 11.9 Å².